The zero-order chi connectivity index (χ0) is 17.3. The monoisotopic (exact) mass is 330 g/mol. The van der Waals surface area contributed by atoms with Gasteiger partial charge in [-0.2, -0.15) is 0 Å². The third-order valence-corrected chi connectivity index (χ3v) is 4.55. The number of aromatic hydroxyl groups is 1. The molecule has 0 aliphatic rings. The summed E-state index contributed by atoms with van der Waals surface area (Å²) in [7, 11) is 0. The number of aromatic carboxylic acids is 1. The standard InChI is InChI=1S/C12H25.C7H6O3.Na/c1-3-5-7-9-11-12-10-8-6-4-2;8-6-4-2-1-3-5(6)7(9)10;/h1,3-12H2,2H3;1-4,8H,(H,9,10);. The molecule has 0 saturated heterocycles. The first-order chi connectivity index (χ1) is 11.1. The minimum absolute atomic E-state index is 0.0671. The fraction of sp³-hybridized carbons (Fsp3) is 0.632. The molecule has 0 fully saturated rings. The Bertz CT molecular complexity index is 397. The summed E-state index contributed by atoms with van der Waals surface area (Å²) in [4.78, 5) is 10.3. The van der Waals surface area contributed by atoms with Gasteiger partial charge in [-0.25, -0.2) is 4.79 Å². The van der Waals surface area contributed by atoms with Crippen LogP contribution in [0.15, 0.2) is 24.3 Å². The molecule has 0 saturated carbocycles. The molecule has 0 radical (unpaired) electrons. The van der Waals surface area contributed by atoms with Gasteiger partial charge < -0.3 is 10.2 Å². The molecule has 0 aromatic heterocycles. The summed E-state index contributed by atoms with van der Waals surface area (Å²) in [6, 6.07) is 5.81. The van der Waals surface area contributed by atoms with Gasteiger partial charge in [0.15, 0.2) is 0 Å². The fourth-order valence-corrected chi connectivity index (χ4v) is 2.89. The van der Waals surface area contributed by atoms with Gasteiger partial charge in [0.05, 0.1) is 0 Å². The predicted molar refractivity (Wildman–Crippen MR) is 97.5 cm³/mol. The summed E-state index contributed by atoms with van der Waals surface area (Å²) in [6.07, 6.45) is 14.7. The summed E-state index contributed by atoms with van der Waals surface area (Å²) in [5.41, 5.74) is -0.0671. The molecule has 1 rings (SSSR count). The van der Waals surface area contributed by atoms with Crippen molar-refractivity contribution >= 4 is 33.9 Å². The third kappa shape index (κ3) is 13.6. The van der Waals surface area contributed by atoms with E-state index in [-0.39, 0.29) is 11.3 Å². The molecule has 0 spiro atoms. The van der Waals surface area contributed by atoms with Crippen LogP contribution in [0.1, 0.15) is 81.5 Å². The number of para-hydroxylation sites is 1. The van der Waals surface area contributed by atoms with E-state index < -0.39 is 5.97 Å². The summed E-state index contributed by atoms with van der Waals surface area (Å²) in [6.45, 7) is 2.29. The first kappa shape index (κ1) is 22.5. The number of hydrogen-bond acceptors (Lipinski definition) is 2. The van der Waals surface area contributed by atoms with Crippen LogP contribution in [0.25, 0.3) is 0 Å². The number of phenols is 1. The van der Waals surface area contributed by atoms with E-state index in [2.05, 4.69) is 6.92 Å². The Balaban J connectivity index is 0.000000433. The van der Waals surface area contributed by atoms with Crippen LogP contribution in [-0.4, -0.2) is 44.1 Å². The molecular weight excluding hydrogens is 299 g/mol. The molecule has 0 bridgehead atoms. The third-order valence-electron chi connectivity index (χ3n) is 3.84. The number of benzene rings is 1. The predicted octanol–water partition coefficient (Wildman–Crippen LogP) is 5.58. The maximum absolute atomic E-state index is 10.3. The average molecular weight is 330 g/mol. The van der Waals surface area contributed by atoms with Gasteiger partial charge in [-0.15, -0.1) is 0 Å². The second-order valence-corrected chi connectivity index (χ2v) is 7.00. The molecule has 0 atom stereocenters. The molecule has 2 N–H and O–H groups in total. The SMILES string of the molecule is CCCCCCCCCCC[CH2][Na].O=C(O)c1ccccc1O. The van der Waals surface area contributed by atoms with E-state index in [0.29, 0.717) is 0 Å². The Morgan fingerprint density at radius 2 is 1.39 bits per heavy atom. The summed E-state index contributed by atoms with van der Waals surface area (Å²) < 4.78 is 1.51. The van der Waals surface area contributed by atoms with Crippen LogP contribution < -0.4 is 0 Å². The zero-order valence-corrected chi connectivity index (χ0v) is 16.9. The molecule has 0 heterocycles. The van der Waals surface area contributed by atoms with Gasteiger partial charge in [0.2, 0.25) is 0 Å². The van der Waals surface area contributed by atoms with Gasteiger partial charge in [-0.1, -0.05) is 12.1 Å². The van der Waals surface area contributed by atoms with Crippen LogP contribution in [-0.2, 0) is 0 Å². The van der Waals surface area contributed by atoms with E-state index >= 15 is 0 Å². The Labute approximate surface area is 158 Å². The molecule has 0 amide bonds. The smallest absolute Gasteiger partial charge is 0.339 e. The van der Waals surface area contributed by atoms with Crippen LogP contribution in [0, 0.1) is 0 Å². The molecule has 0 aliphatic carbocycles. The van der Waals surface area contributed by atoms with Crippen LogP contribution >= 0.6 is 0 Å². The van der Waals surface area contributed by atoms with Crippen molar-refractivity contribution in [3.8, 4) is 5.75 Å². The van der Waals surface area contributed by atoms with Crippen molar-refractivity contribution in [1.82, 2.24) is 0 Å². The second kappa shape index (κ2) is 16.4. The quantitative estimate of drug-likeness (QED) is 0.411. The molecule has 1 aromatic carbocycles. The zero-order valence-electron chi connectivity index (χ0n) is 14.9. The molecule has 3 nitrogen and oxygen atoms in total. The van der Waals surface area contributed by atoms with Crippen LogP contribution in [0.2, 0.25) is 3.67 Å². The summed E-state index contributed by atoms with van der Waals surface area (Å²) in [5.74, 6) is -1.31. The Hall–Kier alpha value is -0.510. The first-order valence-electron chi connectivity index (χ1n) is 9.14. The van der Waals surface area contributed by atoms with Crippen LogP contribution in [0.5, 0.6) is 5.75 Å². The number of hydrogen-bond donors (Lipinski definition) is 2. The van der Waals surface area contributed by atoms with Crippen molar-refractivity contribution < 1.29 is 15.0 Å². The summed E-state index contributed by atoms with van der Waals surface area (Å²) in [5, 5.41) is 17.3. The van der Waals surface area contributed by atoms with Gasteiger partial charge in [0.1, 0.15) is 11.3 Å². The van der Waals surface area contributed by atoms with E-state index in [1.165, 1.54) is 108 Å². The second-order valence-electron chi connectivity index (χ2n) is 6.00. The van der Waals surface area contributed by atoms with Gasteiger partial charge in [0, 0.05) is 0 Å². The van der Waals surface area contributed by atoms with Gasteiger partial charge in [0.25, 0.3) is 0 Å². The molecule has 0 unspecified atom stereocenters. The topological polar surface area (TPSA) is 57.5 Å². The van der Waals surface area contributed by atoms with E-state index in [4.69, 9.17) is 10.2 Å². The number of unbranched alkanes of at least 4 members (excludes halogenated alkanes) is 9. The molecule has 23 heavy (non-hydrogen) atoms. The van der Waals surface area contributed by atoms with Crippen molar-refractivity contribution in [3.63, 3.8) is 0 Å². The maximum Gasteiger partial charge on any atom is 0.339 e. The van der Waals surface area contributed by atoms with Crippen LogP contribution in [0.3, 0.4) is 0 Å². The van der Waals surface area contributed by atoms with E-state index in [1.807, 2.05) is 0 Å². The minimum Gasteiger partial charge on any atom is -0.507 e. The first-order valence-corrected chi connectivity index (χ1v) is 10.6. The largest absolute Gasteiger partial charge is 0.507 e. The molecule has 4 heteroatoms. The van der Waals surface area contributed by atoms with Crippen LogP contribution in [0.4, 0.5) is 0 Å². The molecule has 1 aromatic rings. The van der Waals surface area contributed by atoms with Gasteiger partial charge in [-0.05, 0) is 12.1 Å². The number of rotatable bonds is 11. The average Bonchev–Trinajstić information content (AvgIpc) is 2.54. The van der Waals surface area contributed by atoms with Crippen molar-refractivity contribution in [1.29, 1.82) is 0 Å². The Morgan fingerprint density at radius 3 is 1.78 bits per heavy atom. The summed E-state index contributed by atoms with van der Waals surface area (Å²) >= 11 is 1.41. The number of carbonyl (C=O) groups is 1. The normalized spacial score (nSPS) is 10.0. The van der Waals surface area contributed by atoms with Gasteiger partial charge in [-0.3, -0.25) is 0 Å². The maximum atomic E-state index is 10.3. The van der Waals surface area contributed by atoms with Crippen molar-refractivity contribution in [2.45, 2.75) is 74.8 Å². The van der Waals surface area contributed by atoms with E-state index in [1.54, 1.807) is 12.1 Å². The molecule has 126 valence electrons. The van der Waals surface area contributed by atoms with E-state index in [0.717, 1.165) is 0 Å². The number of carboxylic acid groups (broad SMARTS) is 1. The molecular formula is C19H31NaO3. The fourth-order valence-electron chi connectivity index (χ4n) is 2.39. The Kier molecular flexibility index (Phi) is 16.0. The number of carboxylic acids is 1. The van der Waals surface area contributed by atoms with Crippen molar-refractivity contribution in [3.05, 3.63) is 29.8 Å². The Morgan fingerprint density at radius 1 is 0.913 bits per heavy atom. The molecule has 0 aliphatic heterocycles. The minimum atomic E-state index is -1.11. The van der Waals surface area contributed by atoms with Crippen molar-refractivity contribution in [2.75, 3.05) is 0 Å². The van der Waals surface area contributed by atoms with E-state index in [9.17, 15) is 4.79 Å². The van der Waals surface area contributed by atoms with Gasteiger partial charge >= 0.3 is 109 Å². The van der Waals surface area contributed by atoms with Crippen molar-refractivity contribution in [2.24, 2.45) is 0 Å².